The van der Waals surface area contributed by atoms with Crippen LogP contribution in [0, 0.1) is 0 Å². The summed E-state index contributed by atoms with van der Waals surface area (Å²) in [6, 6.07) is 11.5. The van der Waals surface area contributed by atoms with Crippen LogP contribution in [0.5, 0.6) is 23.0 Å². The molecule has 1 aliphatic rings. The van der Waals surface area contributed by atoms with E-state index in [2.05, 4.69) is 15.6 Å². The zero-order valence-corrected chi connectivity index (χ0v) is 17.9. The molecule has 2 aromatic carbocycles. The van der Waals surface area contributed by atoms with Gasteiger partial charge in [-0.1, -0.05) is 6.07 Å². The number of hydrogen-bond donors (Lipinski definition) is 2. The van der Waals surface area contributed by atoms with Gasteiger partial charge in [-0.25, -0.2) is 0 Å². The molecular formula is C19H24IN3O4. The smallest absolute Gasteiger partial charge is 0.231 e. The van der Waals surface area contributed by atoms with E-state index in [-0.39, 0.29) is 30.8 Å². The van der Waals surface area contributed by atoms with E-state index in [9.17, 15) is 0 Å². The molecule has 0 atom stereocenters. The Kier molecular flexibility index (Phi) is 7.83. The maximum absolute atomic E-state index is 5.60. The summed E-state index contributed by atoms with van der Waals surface area (Å²) in [7, 11) is 3.35. The minimum Gasteiger partial charge on any atom is -0.493 e. The van der Waals surface area contributed by atoms with Crippen LogP contribution in [0.15, 0.2) is 41.4 Å². The minimum atomic E-state index is 0. The lowest BCUT2D eigenvalue weighted by molar-refractivity contribution is 0.174. The van der Waals surface area contributed by atoms with Crippen LogP contribution in [0.25, 0.3) is 0 Å². The zero-order chi connectivity index (χ0) is 18.4. The normalized spacial score (nSPS) is 12.2. The molecule has 0 unspecified atom stereocenters. The van der Waals surface area contributed by atoms with Crippen molar-refractivity contribution in [2.24, 2.45) is 4.99 Å². The molecule has 0 radical (unpaired) electrons. The van der Waals surface area contributed by atoms with Crippen molar-refractivity contribution in [2.75, 3.05) is 32.9 Å². The Bertz CT molecular complexity index is 799. The van der Waals surface area contributed by atoms with E-state index in [0.717, 1.165) is 22.7 Å². The van der Waals surface area contributed by atoms with Crippen molar-refractivity contribution in [2.45, 2.75) is 13.5 Å². The van der Waals surface area contributed by atoms with Crippen LogP contribution in [0.4, 0.5) is 5.69 Å². The number of fused-ring (bicyclic) bond motifs is 1. The van der Waals surface area contributed by atoms with Crippen molar-refractivity contribution in [1.29, 1.82) is 0 Å². The molecule has 0 aliphatic carbocycles. The number of guanidine groups is 1. The molecule has 3 rings (SSSR count). The molecule has 8 heteroatoms. The van der Waals surface area contributed by atoms with Crippen LogP contribution in [0.3, 0.4) is 0 Å². The summed E-state index contributed by atoms with van der Waals surface area (Å²) in [5.41, 5.74) is 1.93. The molecule has 0 amide bonds. The van der Waals surface area contributed by atoms with Gasteiger partial charge in [-0.15, -0.1) is 24.0 Å². The third-order valence-electron chi connectivity index (χ3n) is 3.85. The molecule has 2 aromatic rings. The largest absolute Gasteiger partial charge is 0.493 e. The Hall–Kier alpha value is -2.36. The third-order valence-corrected chi connectivity index (χ3v) is 3.85. The van der Waals surface area contributed by atoms with Gasteiger partial charge in [0.2, 0.25) is 6.79 Å². The van der Waals surface area contributed by atoms with Crippen LogP contribution in [0.2, 0.25) is 0 Å². The molecule has 7 nitrogen and oxygen atoms in total. The molecule has 146 valence electrons. The van der Waals surface area contributed by atoms with Gasteiger partial charge in [-0.2, -0.15) is 0 Å². The second-order valence-corrected chi connectivity index (χ2v) is 5.54. The standard InChI is InChI=1S/C19H23N3O4.HI/c1-4-24-18-10-14(6-8-15(18)23-3)22-19(20-2)21-11-13-5-7-16-17(9-13)26-12-25-16;/h5-10H,4,11-12H2,1-3H3,(H2,20,21,22);1H. The molecule has 2 N–H and O–H groups in total. The first kappa shape index (κ1) is 20.9. The van der Waals surface area contributed by atoms with Crippen molar-refractivity contribution < 1.29 is 18.9 Å². The number of nitrogens with zero attached hydrogens (tertiary/aromatic N) is 1. The number of anilines is 1. The van der Waals surface area contributed by atoms with Crippen LogP contribution in [0.1, 0.15) is 12.5 Å². The van der Waals surface area contributed by atoms with Gasteiger partial charge >= 0.3 is 0 Å². The molecule has 0 spiro atoms. The van der Waals surface area contributed by atoms with Gasteiger partial charge in [0.25, 0.3) is 0 Å². The van der Waals surface area contributed by atoms with Gasteiger partial charge in [0.05, 0.1) is 13.7 Å². The third kappa shape index (κ3) is 5.31. The molecule has 1 heterocycles. The summed E-state index contributed by atoms with van der Waals surface area (Å²) in [6.07, 6.45) is 0. The minimum absolute atomic E-state index is 0. The van der Waals surface area contributed by atoms with E-state index in [1.165, 1.54) is 0 Å². The zero-order valence-electron chi connectivity index (χ0n) is 15.6. The van der Waals surface area contributed by atoms with Crippen molar-refractivity contribution in [3.63, 3.8) is 0 Å². The van der Waals surface area contributed by atoms with E-state index in [1.807, 2.05) is 43.3 Å². The molecular weight excluding hydrogens is 461 g/mol. The summed E-state index contributed by atoms with van der Waals surface area (Å²) in [5, 5.41) is 6.52. The summed E-state index contributed by atoms with van der Waals surface area (Å²) >= 11 is 0. The number of methoxy groups -OCH3 is 1. The molecule has 0 saturated carbocycles. The number of halogens is 1. The van der Waals surface area contributed by atoms with Crippen LogP contribution in [-0.4, -0.2) is 33.5 Å². The van der Waals surface area contributed by atoms with Gasteiger partial charge in [-0.05, 0) is 36.8 Å². The monoisotopic (exact) mass is 485 g/mol. The van der Waals surface area contributed by atoms with Gasteiger partial charge < -0.3 is 29.6 Å². The highest BCUT2D eigenvalue weighted by molar-refractivity contribution is 14.0. The maximum atomic E-state index is 5.60. The summed E-state index contributed by atoms with van der Waals surface area (Å²) in [6.45, 7) is 3.38. The molecule has 27 heavy (non-hydrogen) atoms. The fourth-order valence-corrected chi connectivity index (χ4v) is 2.58. The second-order valence-electron chi connectivity index (χ2n) is 5.54. The number of benzene rings is 2. The lowest BCUT2D eigenvalue weighted by Gasteiger charge is -2.15. The molecule has 0 fully saturated rings. The quantitative estimate of drug-likeness (QED) is 0.370. The van der Waals surface area contributed by atoms with Gasteiger partial charge in [-0.3, -0.25) is 4.99 Å². The fraction of sp³-hybridized carbons (Fsp3) is 0.316. The van der Waals surface area contributed by atoms with Crippen molar-refractivity contribution >= 4 is 35.6 Å². The Morgan fingerprint density at radius 3 is 2.67 bits per heavy atom. The highest BCUT2D eigenvalue weighted by Crippen LogP contribution is 2.32. The van der Waals surface area contributed by atoms with Crippen LogP contribution in [-0.2, 0) is 6.54 Å². The number of aliphatic imine (C=N–C) groups is 1. The summed E-state index contributed by atoms with van der Waals surface area (Å²) in [5.74, 6) is 3.57. The van der Waals surface area contributed by atoms with Crippen molar-refractivity contribution in [3.05, 3.63) is 42.0 Å². The fourth-order valence-electron chi connectivity index (χ4n) is 2.58. The predicted molar refractivity (Wildman–Crippen MR) is 116 cm³/mol. The highest BCUT2D eigenvalue weighted by atomic mass is 127. The highest BCUT2D eigenvalue weighted by Gasteiger charge is 2.13. The second kappa shape index (κ2) is 10.1. The van der Waals surface area contributed by atoms with Gasteiger partial charge in [0, 0.05) is 25.3 Å². The first-order valence-corrected chi connectivity index (χ1v) is 8.40. The number of rotatable bonds is 6. The molecule has 1 aliphatic heterocycles. The van der Waals surface area contributed by atoms with Crippen LogP contribution < -0.4 is 29.6 Å². The van der Waals surface area contributed by atoms with E-state index in [4.69, 9.17) is 18.9 Å². The first-order chi connectivity index (χ1) is 12.7. The Balaban J connectivity index is 0.00000261. The van der Waals surface area contributed by atoms with Crippen LogP contribution >= 0.6 is 24.0 Å². The van der Waals surface area contributed by atoms with E-state index in [1.54, 1.807) is 14.2 Å². The Labute approximate surface area is 176 Å². The van der Waals surface area contributed by atoms with E-state index in [0.29, 0.717) is 30.6 Å². The van der Waals surface area contributed by atoms with Crippen molar-refractivity contribution in [1.82, 2.24) is 5.32 Å². The van der Waals surface area contributed by atoms with E-state index < -0.39 is 0 Å². The number of hydrogen-bond acceptors (Lipinski definition) is 5. The predicted octanol–water partition coefficient (Wildman–Crippen LogP) is 3.63. The molecule has 0 bridgehead atoms. The number of nitrogens with one attached hydrogen (secondary N) is 2. The topological polar surface area (TPSA) is 73.3 Å². The Morgan fingerprint density at radius 1 is 1.11 bits per heavy atom. The van der Waals surface area contributed by atoms with E-state index >= 15 is 0 Å². The first-order valence-electron chi connectivity index (χ1n) is 8.40. The summed E-state index contributed by atoms with van der Waals surface area (Å²) < 4.78 is 21.6. The molecule has 0 saturated heterocycles. The maximum Gasteiger partial charge on any atom is 0.231 e. The van der Waals surface area contributed by atoms with Gasteiger partial charge in [0.1, 0.15) is 0 Å². The SMILES string of the molecule is CCOc1cc(NC(=NC)NCc2ccc3c(c2)OCO3)ccc1OC.I. The van der Waals surface area contributed by atoms with Crippen molar-refractivity contribution in [3.8, 4) is 23.0 Å². The average Bonchev–Trinajstić information content (AvgIpc) is 3.13. The molecule has 0 aromatic heterocycles. The average molecular weight is 485 g/mol. The number of ether oxygens (including phenoxy) is 4. The lowest BCUT2D eigenvalue weighted by Crippen LogP contribution is -2.30. The lowest BCUT2D eigenvalue weighted by atomic mass is 10.2. The van der Waals surface area contributed by atoms with Gasteiger partial charge in [0.15, 0.2) is 29.0 Å². The summed E-state index contributed by atoms with van der Waals surface area (Å²) in [4.78, 5) is 4.26. The Morgan fingerprint density at radius 2 is 1.93 bits per heavy atom.